The maximum atomic E-state index is 12.5. The third kappa shape index (κ3) is 3.15. The second-order valence-electron chi connectivity index (χ2n) is 5.22. The van der Waals surface area contributed by atoms with Crippen LogP contribution in [-0.2, 0) is 0 Å². The molecule has 0 bridgehead atoms. The zero-order valence-electron chi connectivity index (χ0n) is 12.5. The lowest BCUT2D eigenvalue weighted by molar-refractivity contribution is -0.384. The van der Waals surface area contributed by atoms with Gasteiger partial charge in [0.05, 0.1) is 4.92 Å². The number of hydrogen-bond acceptors (Lipinski definition) is 4. The topological polar surface area (TPSA) is 75.5 Å². The summed E-state index contributed by atoms with van der Waals surface area (Å²) in [7, 11) is 0. The van der Waals surface area contributed by atoms with Crippen molar-refractivity contribution in [3.63, 3.8) is 0 Å². The third-order valence-corrected chi connectivity index (χ3v) is 3.92. The van der Waals surface area contributed by atoms with Crippen molar-refractivity contribution in [2.75, 3.05) is 18.4 Å². The van der Waals surface area contributed by atoms with Gasteiger partial charge < -0.3 is 10.2 Å². The van der Waals surface area contributed by atoms with Gasteiger partial charge >= 0.3 is 0 Å². The highest BCUT2D eigenvalue weighted by molar-refractivity contribution is 5.96. The summed E-state index contributed by atoms with van der Waals surface area (Å²) >= 11 is 0. The predicted molar refractivity (Wildman–Crippen MR) is 81.6 cm³/mol. The van der Waals surface area contributed by atoms with Crippen molar-refractivity contribution in [2.45, 2.75) is 39.2 Å². The number of nitrogens with one attached hydrogen (secondary N) is 1. The van der Waals surface area contributed by atoms with E-state index < -0.39 is 4.92 Å². The van der Waals surface area contributed by atoms with E-state index in [2.05, 4.69) is 12.2 Å². The molecule has 1 aliphatic heterocycles. The third-order valence-electron chi connectivity index (χ3n) is 3.92. The molecule has 1 saturated heterocycles. The number of rotatable bonds is 5. The standard InChI is InChI=1S/C15H21N3O3/c1-3-12-6-5-9-17(12)15(19)11-7-8-13(16-4-2)14(10-11)18(20)21/h7-8,10,12,16H,3-6,9H2,1-2H3. The van der Waals surface area contributed by atoms with Crippen LogP contribution in [0.15, 0.2) is 18.2 Å². The van der Waals surface area contributed by atoms with Gasteiger partial charge in [-0.05, 0) is 38.3 Å². The molecule has 1 aromatic rings. The Labute approximate surface area is 124 Å². The van der Waals surface area contributed by atoms with Crippen LogP contribution in [-0.4, -0.2) is 34.9 Å². The second kappa shape index (κ2) is 6.56. The molecule has 0 aromatic heterocycles. The summed E-state index contributed by atoms with van der Waals surface area (Å²) in [6.07, 6.45) is 2.94. The van der Waals surface area contributed by atoms with E-state index in [4.69, 9.17) is 0 Å². The Kier molecular flexibility index (Phi) is 4.77. The van der Waals surface area contributed by atoms with Crippen LogP contribution in [0.4, 0.5) is 11.4 Å². The number of nitro groups is 1. The van der Waals surface area contributed by atoms with Crippen molar-refractivity contribution in [3.8, 4) is 0 Å². The molecule has 6 heteroatoms. The van der Waals surface area contributed by atoms with Gasteiger partial charge in [-0.2, -0.15) is 0 Å². The number of hydrogen-bond donors (Lipinski definition) is 1. The van der Waals surface area contributed by atoms with Gasteiger partial charge in [-0.3, -0.25) is 14.9 Å². The molecule has 21 heavy (non-hydrogen) atoms. The molecule has 6 nitrogen and oxygen atoms in total. The van der Waals surface area contributed by atoms with Gasteiger partial charge in [0, 0.05) is 30.8 Å². The average Bonchev–Trinajstić information content (AvgIpc) is 2.95. The molecule has 1 aliphatic rings. The maximum Gasteiger partial charge on any atom is 0.293 e. The lowest BCUT2D eigenvalue weighted by Gasteiger charge is -2.23. The van der Waals surface area contributed by atoms with Crippen LogP contribution in [0.1, 0.15) is 43.5 Å². The number of likely N-dealkylation sites (tertiary alicyclic amines) is 1. The Morgan fingerprint density at radius 2 is 2.24 bits per heavy atom. The highest BCUT2D eigenvalue weighted by Gasteiger charge is 2.29. The average molecular weight is 291 g/mol. The molecule has 114 valence electrons. The predicted octanol–water partition coefficient (Wildman–Crippen LogP) is 3.04. The summed E-state index contributed by atoms with van der Waals surface area (Å²) in [5.41, 5.74) is 0.797. The van der Waals surface area contributed by atoms with E-state index in [1.807, 2.05) is 11.8 Å². The molecule has 1 heterocycles. The molecule has 1 unspecified atom stereocenters. The highest BCUT2D eigenvalue weighted by Crippen LogP contribution is 2.28. The van der Waals surface area contributed by atoms with Crippen LogP contribution in [0.5, 0.6) is 0 Å². The van der Waals surface area contributed by atoms with Gasteiger partial charge in [0.1, 0.15) is 5.69 Å². The number of benzene rings is 1. The fraction of sp³-hybridized carbons (Fsp3) is 0.533. The Balaban J connectivity index is 2.29. The fourth-order valence-electron chi connectivity index (χ4n) is 2.85. The summed E-state index contributed by atoms with van der Waals surface area (Å²) < 4.78 is 0. The monoisotopic (exact) mass is 291 g/mol. The second-order valence-corrected chi connectivity index (χ2v) is 5.22. The highest BCUT2D eigenvalue weighted by atomic mass is 16.6. The lowest BCUT2D eigenvalue weighted by atomic mass is 10.1. The van der Waals surface area contributed by atoms with Crippen LogP contribution < -0.4 is 5.32 Å². The van der Waals surface area contributed by atoms with Crippen LogP contribution >= 0.6 is 0 Å². The maximum absolute atomic E-state index is 12.5. The summed E-state index contributed by atoms with van der Waals surface area (Å²) in [5, 5.41) is 14.1. The van der Waals surface area contributed by atoms with E-state index >= 15 is 0 Å². The summed E-state index contributed by atoms with van der Waals surface area (Å²) in [6.45, 7) is 5.27. The minimum atomic E-state index is -0.448. The fourth-order valence-corrected chi connectivity index (χ4v) is 2.85. The zero-order valence-corrected chi connectivity index (χ0v) is 12.5. The number of anilines is 1. The van der Waals surface area contributed by atoms with E-state index in [9.17, 15) is 14.9 Å². The van der Waals surface area contributed by atoms with Crippen molar-refractivity contribution in [1.29, 1.82) is 0 Å². The first-order chi connectivity index (χ1) is 10.1. The Morgan fingerprint density at radius 3 is 2.86 bits per heavy atom. The molecule has 1 amide bonds. The first-order valence-corrected chi connectivity index (χ1v) is 7.41. The molecule has 2 rings (SSSR count). The zero-order chi connectivity index (χ0) is 15.4. The first-order valence-electron chi connectivity index (χ1n) is 7.41. The molecule has 1 N–H and O–H groups in total. The number of amides is 1. The molecule has 0 spiro atoms. The summed E-state index contributed by atoms with van der Waals surface area (Å²) in [6, 6.07) is 4.92. The van der Waals surface area contributed by atoms with Crippen molar-refractivity contribution in [1.82, 2.24) is 4.90 Å². The Morgan fingerprint density at radius 1 is 1.48 bits per heavy atom. The van der Waals surface area contributed by atoms with Crippen molar-refractivity contribution < 1.29 is 9.72 Å². The number of nitrogens with zero attached hydrogens (tertiary/aromatic N) is 2. The number of carbonyl (C=O) groups excluding carboxylic acids is 1. The van der Waals surface area contributed by atoms with Crippen molar-refractivity contribution >= 4 is 17.3 Å². The quantitative estimate of drug-likeness (QED) is 0.668. The molecular weight excluding hydrogens is 270 g/mol. The van der Waals surface area contributed by atoms with E-state index in [-0.39, 0.29) is 17.6 Å². The molecule has 1 atom stereocenters. The van der Waals surface area contributed by atoms with Gasteiger partial charge in [0.25, 0.3) is 11.6 Å². The van der Waals surface area contributed by atoms with Gasteiger partial charge in [0.15, 0.2) is 0 Å². The van der Waals surface area contributed by atoms with E-state index in [1.165, 1.54) is 6.07 Å². The van der Waals surface area contributed by atoms with Crippen molar-refractivity contribution in [2.24, 2.45) is 0 Å². The molecule has 0 radical (unpaired) electrons. The van der Waals surface area contributed by atoms with E-state index in [0.717, 1.165) is 25.8 Å². The van der Waals surface area contributed by atoms with Gasteiger partial charge in [-0.1, -0.05) is 6.92 Å². The van der Waals surface area contributed by atoms with Gasteiger partial charge in [0.2, 0.25) is 0 Å². The smallest absolute Gasteiger partial charge is 0.293 e. The Bertz CT molecular complexity index is 545. The number of carbonyl (C=O) groups is 1. The Hall–Kier alpha value is -2.11. The lowest BCUT2D eigenvalue weighted by Crippen LogP contribution is -2.35. The minimum absolute atomic E-state index is 0.0463. The summed E-state index contributed by atoms with van der Waals surface area (Å²) in [4.78, 5) is 25.1. The minimum Gasteiger partial charge on any atom is -0.380 e. The van der Waals surface area contributed by atoms with Gasteiger partial charge in [-0.25, -0.2) is 0 Å². The first kappa shape index (κ1) is 15.3. The molecule has 0 saturated carbocycles. The largest absolute Gasteiger partial charge is 0.380 e. The van der Waals surface area contributed by atoms with Crippen LogP contribution in [0.3, 0.4) is 0 Å². The molecular formula is C15H21N3O3. The molecule has 0 aliphatic carbocycles. The number of nitro benzene ring substituents is 1. The summed E-state index contributed by atoms with van der Waals surface area (Å²) in [5.74, 6) is -0.106. The van der Waals surface area contributed by atoms with Crippen molar-refractivity contribution in [3.05, 3.63) is 33.9 Å². The van der Waals surface area contributed by atoms with Crippen LogP contribution in [0, 0.1) is 10.1 Å². The molecule has 1 aromatic carbocycles. The van der Waals surface area contributed by atoms with E-state index in [1.54, 1.807) is 12.1 Å². The van der Waals surface area contributed by atoms with Gasteiger partial charge in [-0.15, -0.1) is 0 Å². The van der Waals surface area contributed by atoms with Crippen LogP contribution in [0.2, 0.25) is 0 Å². The molecule has 1 fully saturated rings. The van der Waals surface area contributed by atoms with Crippen LogP contribution in [0.25, 0.3) is 0 Å². The SMILES string of the molecule is CCNc1ccc(C(=O)N2CCCC2CC)cc1[N+](=O)[O-]. The van der Waals surface area contributed by atoms with E-state index in [0.29, 0.717) is 17.8 Å². The normalized spacial score (nSPS) is 17.8.